The van der Waals surface area contributed by atoms with Gasteiger partial charge in [0.05, 0.1) is 22.2 Å². The number of benzene rings is 6. The minimum Gasteiger partial charge on any atom is -0.309 e. The number of pyridine rings is 1. The summed E-state index contributed by atoms with van der Waals surface area (Å²) in [6.07, 6.45) is 0. The van der Waals surface area contributed by atoms with Gasteiger partial charge in [0.2, 0.25) is 0 Å². The molecule has 2 nitrogen and oxygen atoms in total. The molecule has 43 heavy (non-hydrogen) atoms. The molecule has 2 aliphatic rings. The molecule has 0 N–H and O–H groups in total. The molecule has 202 valence electrons. The van der Waals surface area contributed by atoms with Crippen LogP contribution in [-0.4, -0.2) is 9.55 Å². The molecule has 0 unspecified atom stereocenters. The molecular formula is C40H26N2S. The predicted molar refractivity (Wildman–Crippen MR) is 181 cm³/mol. The highest BCUT2D eigenvalue weighted by molar-refractivity contribution is 7.99. The highest BCUT2D eigenvalue weighted by Gasteiger charge is 2.36. The Bertz CT molecular complexity index is 2520. The molecule has 2 aromatic heterocycles. The van der Waals surface area contributed by atoms with Gasteiger partial charge in [0.25, 0.3) is 0 Å². The third-order valence-electron chi connectivity index (χ3n) is 9.76. The van der Waals surface area contributed by atoms with Crippen molar-refractivity contribution in [3.63, 3.8) is 0 Å². The molecule has 0 bridgehead atoms. The number of fused-ring (bicyclic) bond motifs is 10. The number of hydrogen-bond donors (Lipinski definition) is 0. The van der Waals surface area contributed by atoms with Gasteiger partial charge >= 0.3 is 0 Å². The maximum absolute atomic E-state index is 5.39. The van der Waals surface area contributed by atoms with Crippen LogP contribution in [0.25, 0.3) is 71.6 Å². The Balaban J connectivity index is 1.28. The molecule has 0 saturated carbocycles. The van der Waals surface area contributed by atoms with Crippen molar-refractivity contribution in [2.24, 2.45) is 0 Å². The van der Waals surface area contributed by atoms with Crippen molar-refractivity contribution in [1.82, 2.24) is 9.55 Å². The van der Waals surface area contributed by atoms with E-state index >= 15 is 0 Å². The molecular weight excluding hydrogens is 541 g/mol. The van der Waals surface area contributed by atoms with E-state index in [1.54, 1.807) is 0 Å². The Hall–Kier alpha value is -4.86. The summed E-state index contributed by atoms with van der Waals surface area (Å²) in [6, 6.07) is 44.8. The zero-order valence-electron chi connectivity index (χ0n) is 23.8. The van der Waals surface area contributed by atoms with Crippen LogP contribution in [0, 0.1) is 0 Å². The van der Waals surface area contributed by atoms with Crippen LogP contribution in [0.1, 0.15) is 25.0 Å². The summed E-state index contributed by atoms with van der Waals surface area (Å²) < 4.78 is 2.45. The Morgan fingerprint density at radius 1 is 0.558 bits per heavy atom. The van der Waals surface area contributed by atoms with Gasteiger partial charge in [-0.1, -0.05) is 104 Å². The van der Waals surface area contributed by atoms with E-state index in [1.807, 2.05) is 11.8 Å². The van der Waals surface area contributed by atoms with Crippen molar-refractivity contribution in [2.45, 2.75) is 29.1 Å². The maximum atomic E-state index is 5.39. The van der Waals surface area contributed by atoms with E-state index in [1.165, 1.54) is 75.6 Å². The lowest BCUT2D eigenvalue weighted by Gasteiger charge is -2.22. The van der Waals surface area contributed by atoms with E-state index in [-0.39, 0.29) is 5.41 Å². The average molecular weight is 567 g/mol. The molecule has 1 aliphatic heterocycles. The van der Waals surface area contributed by atoms with Crippen LogP contribution in [0.3, 0.4) is 0 Å². The first-order chi connectivity index (χ1) is 21.1. The molecule has 0 fully saturated rings. The summed E-state index contributed by atoms with van der Waals surface area (Å²) in [5.41, 5.74) is 12.4. The maximum Gasteiger partial charge on any atom is 0.0810 e. The van der Waals surface area contributed by atoms with Crippen molar-refractivity contribution in [1.29, 1.82) is 0 Å². The number of aromatic nitrogens is 2. The fraction of sp³-hybridized carbons (Fsp3) is 0.0750. The topological polar surface area (TPSA) is 17.8 Å². The fourth-order valence-corrected chi connectivity index (χ4v) is 8.86. The van der Waals surface area contributed by atoms with Crippen LogP contribution in [0.4, 0.5) is 0 Å². The van der Waals surface area contributed by atoms with Crippen molar-refractivity contribution < 1.29 is 0 Å². The normalized spacial score (nSPS) is 14.4. The van der Waals surface area contributed by atoms with Gasteiger partial charge in [-0.25, -0.2) is 4.98 Å². The van der Waals surface area contributed by atoms with Gasteiger partial charge < -0.3 is 4.57 Å². The van der Waals surface area contributed by atoms with Crippen LogP contribution in [-0.2, 0) is 5.41 Å². The average Bonchev–Trinajstić information content (AvgIpc) is 3.48. The number of para-hydroxylation sites is 1. The van der Waals surface area contributed by atoms with Gasteiger partial charge in [-0.05, 0) is 70.1 Å². The van der Waals surface area contributed by atoms with E-state index in [2.05, 4.69) is 140 Å². The number of hydrogen-bond acceptors (Lipinski definition) is 2. The molecule has 10 rings (SSSR count). The summed E-state index contributed by atoms with van der Waals surface area (Å²) in [6.45, 7) is 4.72. The molecule has 1 aliphatic carbocycles. The number of nitrogens with zero attached hydrogens (tertiary/aromatic N) is 2. The molecule has 8 aromatic rings. The smallest absolute Gasteiger partial charge is 0.0810 e. The third kappa shape index (κ3) is 3.02. The monoisotopic (exact) mass is 566 g/mol. The van der Waals surface area contributed by atoms with E-state index in [0.717, 1.165) is 16.9 Å². The van der Waals surface area contributed by atoms with Gasteiger partial charge in [-0.2, -0.15) is 0 Å². The zero-order chi connectivity index (χ0) is 28.4. The minimum atomic E-state index is -0.0585. The summed E-state index contributed by atoms with van der Waals surface area (Å²) in [5.74, 6) is 0. The highest BCUT2D eigenvalue weighted by atomic mass is 32.2. The standard InChI is InChI=1S/C40H26N2S/c1-40(2)31-14-6-3-10-24(31)29-21-30-26-11-4-7-15-34(26)42(35(30)22-32(29)40)23-18-19-25-27-13-9-17-37-38(27)39(41-33(25)20-23)28-12-5-8-16-36(28)43-37/h3-22H,1-2H3. The first-order valence-electron chi connectivity index (χ1n) is 14.9. The molecule has 0 spiro atoms. The Morgan fingerprint density at radius 3 is 2.26 bits per heavy atom. The Kier molecular flexibility index (Phi) is 4.49. The second-order valence-electron chi connectivity index (χ2n) is 12.4. The van der Waals surface area contributed by atoms with Gasteiger partial charge in [-0.3, -0.25) is 0 Å². The Labute approximate surface area is 253 Å². The van der Waals surface area contributed by atoms with Crippen molar-refractivity contribution in [2.75, 3.05) is 0 Å². The van der Waals surface area contributed by atoms with E-state index in [0.29, 0.717) is 0 Å². The zero-order valence-corrected chi connectivity index (χ0v) is 24.7. The van der Waals surface area contributed by atoms with E-state index < -0.39 is 0 Å². The Morgan fingerprint density at radius 2 is 1.33 bits per heavy atom. The molecule has 0 radical (unpaired) electrons. The first-order valence-corrected chi connectivity index (χ1v) is 15.7. The second-order valence-corrected chi connectivity index (χ2v) is 13.5. The van der Waals surface area contributed by atoms with Crippen molar-refractivity contribution in [3.05, 3.63) is 132 Å². The van der Waals surface area contributed by atoms with E-state index in [4.69, 9.17) is 4.98 Å². The minimum absolute atomic E-state index is 0.0585. The van der Waals surface area contributed by atoms with Crippen LogP contribution in [0.5, 0.6) is 0 Å². The SMILES string of the molecule is CC1(C)c2ccccc2-c2cc3c4ccccc4n(-c4ccc5c(c4)nc4c6c(cccc65)Sc5ccccc5-4)c3cc21. The first kappa shape index (κ1) is 23.7. The molecule has 0 amide bonds. The molecule has 0 saturated heterocycles. The lowest BCUT2D eigenvalue weighted by atomic mass is 9.82. The van der Waals surface area contributed by atoms with Gasteiger partial charge in [-0.15, -0.1) is 0 Å². The van der Waals surface area contributed by atoms with E-state index in [9.17, 15) is 0 Å². The summed E-state index contributed by atoms with van der Waals surface area (Å²) in [4.78, 5) is 7.94. The largest absolute Gasteiger partial charge is 0.309 e. The molecule has 3 heterocycles. The molecule has 6 aromatic carbocycles. The summed E-state index contributed by atoms with van der Waals surface area (Å²) in [5, 5.41) is 6.30. The predicted octanol–water partition coefficient (Wildman–Crippen LogP) is 10.9. The molecule has 3 heteroatoms. The van der Waals surface area contributed by atoms with Gasteiger partial charge in [0.15, 0.2) is 0 Å². The highest BCUT2D eigenvalue weighted by Crippen LogP contribution is 2.51. The molecule has 0 atom stereocenters. The summed E-state index contributed by atoms with van der Waals surface area (Å²) in [7, 11) is 0. The third-order valence-corrected chi connectivity index (χ3v) is 10.9. The fourth-order valence-electron chi connectivity index (χ4n) is 7.75. The quantitative estimate of drug-likeness (QED) is 0.184. The lowest BCUT2D eigenvalue weighted by molar-refractivity contribution is 0.661. The van der Waals surface area contributed by atoms with Gasteiger partial charge in [0.1, 0.15) is 0 Å². The summed E-state index contributed by atoms with van der Waals surface area (Å²) >= 11 is 1.85. The van der Waals surface area contributed by atoms with Crippen molar-refractivity contribution in [3.8, 4) is 28.1 Å². The van der Waals surface area contributed by atoms with Crippen molar-refractivity contribution >= 4 is 55.2 Å². The van der Waals surface area contributed by atoms with Crippen LogP contribution in [0.15, 0.2) is 131 Å². The van der Waals surface area contributed by atoms with Gasteiger partial charge in [0, 0.05) is 48.0 Å². The number of rotatable bonds is 1. The van der Waals surface area contributed by atoms with Crippen LogP contribution in [0.2, 0.25) is 0 Å². The van der Waals surface area contributed by atoms with Crippen LogP contribution >= 0.6 is 11.8 Å². The van der Waals surface area contributed by atoms with Crippen LogP contribution < -0.4 is 0 Å². The second kappa shape index (κ2) is 8.15. The lowest BCUT2D eigenvalue weighted by Crippen LogP contribution is -2.14.